The van der Waals surface area contributed by atoms with E-state index in [1.165, 1.54) is 0 Å². The van der Waals surface area contributed by atoms with Crippen LogP contribution in [0.5, 0.6) is 0 Å². The van der Waals surface area contributed by atoms with Gasteiger partial charge in [-0.05, 0) is 30.7 Å². The molecule has 0 aliphatic carbocycles. The molecule has 1 saturated heterocycles. The summed E-state index contributed by atoms with van der Waals surface area (Å²) in [7, 11) is 0. The molecular formula is C23H31N3O3. The molecule has 6 heteroatoms. The van der Waals surface area contributed by atoms with E-state index in [-0.39, 0.29) is 18.0 Å². The van der Waals surface area contributed by atoms with E-state index >= 15 is 0 Å². The molecule has 0 radical (unpaired) electrons. The summed E-state index contributed by atoms with van der Waals surface area (Å²) < 4.78 is 5.35. The molecule has 2 aromatic rings. The van der Waals surface area contributed by atoms with Gasteiger partial charge in [0.2, 0.25) is 5.91 Å². The molecule has 1 atom stereocenters. The van der Waals surface area contributed by atoms with Crippen LogP contribution >= 0.6 is 0 Å². The monoisotopic (exact) mass is 397 g/mol. The van der Waals surface area contributed by atoms with E-state index in [9.17, 15) is 9.59 Å². The first-order valence-electron chi connectivity index (χ1n) is 10.4. The highest BCUT2D eigenvalue weighted by Gasteiger charge is 2.26. The van der Waals surface area contributed by atoms with E-state index in [1.807, 2.05) is 63.2 Å². The Morgan fingerprint density at radius 2 is 1.76 bits per heavy atom. The van der Waals surface area contributed by atoms with E-state index in [0.29, 0.717) is 32.2 Å². The van der Waals surface area contributed by atoms with E-state index in [4.69, 9.17) is 4.74 Å². The number of nitrogens with one attached hydrogen (secondary N) is 1. The number of nitrogens with zero attached hydrogens (tertiary/aromatic N) is 2. The number of carbonyl (C=O) groups excluding carboxylic acids is 2. The average Bonchev–Trinajstić information content (AvgIpc) is 2.98. The molecule has 0 saturated carbocycles. The van der Waals surface area contributed by atoms with Crippen molar-refractivity contribution in [3.8, 4) is 0 Å². The molecule has 29 heavy (non-hydrogen) atoms. The minimum Gasteiger partial charge on any atom is -0.449 e. The van der Waals surface area contributed by atoms with Crippen LogP contribution in [0.4, 0.5) is 10.5 Å². The predicted molar refractivity (Wildman–Crippen MR) is 116 cm³/mol. The van der Waals surface area contributed by atoms with Gasteiger partial charge in [-0.3, -0.25) is 9.69 Å². The van der Waals surface area contributed by atoms with Crippen LogP contribution in [0.15, 0.2) is 42.5 Å². The standard InChI is InChI=1S/C23H31N3O3/c1-17(2)16-29-23(28)26-13-7-12-25(14-15-26)18(3)22(27)24-21-11-6-9-19-8-4-5-10-20(19)21/h4-6,8-11,17-18H,7,12-16H2,1-3H3,(H,24,27). The summed E-state index contributed by atoms with van der Waals surface area (Å²) in [6, 6.07) is 13.7. The highest BCUT2D eigenvalue weighted by molar-refractivity contribution is 6.03. The molecular weight excluding hydrogens is 366 g/mol. The van der Waals surface area contributed by atoms with Crippen molar-refractivity contribution in [1.29, 1.82) is 0 Å². The Bertz CT molecular complexity index is 847. The Labute approximate surface area is 172 Å². The quantitative estimate of drug-likeness (QED) is 0.829. The van der Waals surface area contributed by atoms with E-state index in [0.717, 1.165) is 29.4 Å². The lowest BCUT2D eigenvalue weighted by molar-refractivity contribution is -0.120. The number of fused-ring (bicyclic) bond motifs is 1. The highest BCUT2D eigenvalue weighted by atomic mass is 16.6. The predicted octanol–water partition coefficient (Wildman–Crippen LogP) is 3.97. The van der Waals surface area contributed by atoms with Gasteiger partial charge in [-0.25, -0.2) is 4.79 Å². The molecule has 156 valence electrons. The van der Waals surface area contributed by atoms with Gasteiger partial charge >= 0.3 is 6.09 Å². The Morgan fingerprint density at radius 3 is 2.55 bits per heavy atom. The van der Waals surface area contributed by atoms with E-state index in [2.05, 4.69) is 10.2 Å². The first kappa shape index (κ1) is 21.1. The third-order valence-corrected chi connectivity index (χ3v) is 5.30. The Morgan fingerprint density at radius 1 is 1.00 bits per heavy atom. The van der Waals surface area contributed by atoms with Crippen LogP contribution in [0.25, 0.3) is 10.8 Å². The van der Waals surface area contributed by atoms with Crippen molar-refractivity contribution in [2.75, 3.05) is 38.1 Å². The summed E-state index contributed by atoms with van der Waals surface area (Å²) in [6.45, 7) is 9.06. The van der Waals surface area contributed by atoms with Crippen molar-refractivity contribution in [3.63, 3.8) is 0 Å². The van der Waals surface area contributed by atoms with Crippen molar-refractivity contribution in [3.05, 3.63) is 42.5 Å². The van der Waals surface area contributed by atoms with Gasteiger partial charge in [-0.15, -0.1) is 0 Å². The number of anilines is 1. The van der Waals surface area contributed by atoms with Crippen LogP contribution in [-0.2, 0) is 9.53 Å². The molecule has 6 nitrogen and oxygen atoms in total. The number of rotatable bonds is 5. The third-order valence-electron chi connectivity index (χ3n) is 5.30. The lowest BCUT2D eigenvalue weighted by Gasteiger charge is -2.27. The molecule has 3 rings (SSSR count). The van der Waals surface area contributed by atoms with Gasteiger partial charge < -0.3 is 15.0 Å². The summed E-state index contributed by atoms with van der Waals surface area (Å²) in [6.07, 6.45) is 0.566. The molecule has 2 aromatic carbocycles. The molecule has 1 aliphatic rings. The maximum absolute atomic E-state index is 12.9. The van der Waals surface area contributed by atoms with Crippen molar-refractivity contribution >= 4 is 28.5 Å². The molecule has 0 aromatic heterocycles. The van der Waals surface area contributed by atoms with Crippen LogP contribution in [0.1, 0.15) is 27.2 Å². The van der Waals surface area contributed by atoms with E-state index < -0.39 is 0 Å². The molecule has 1 unspecified atom stereocenters. The van der Waals surface area contributed by atoms with Gasteiger partial charge in [0.05, 0.1) is 12.6 Å². The van der Waals surface area contributed by atoms with Gasteiger partial charge in [0.1, 0.15) is 0 Å². The SMILES string of the molecule is CC(C)COC(=O)N1CCCN(C(C)C(=O)Nc2cccc3ccccc23)CC1. The first-order valence-corrected chi connectivity index (χ1v) is 10.4. The van der Waals surface area contributed by atoms with E-state index in [1.54, 1.807) is 4.90 Å². The van der Waals surface area contributed by atoms with Crippen LogP contribution in [0, 0.1) is 5.92 Å². The number of benzene rings is 2. The Kier molecular flexibility index (Phi) is 7.09. The second-order valence-electron chi connectivity index (χ2n) is 8.04. The smallest absolute Gasteiger partial charge is 0.409 e. The van der Waals surface area contributed by atoms with Crippen LogP contribution < -0.4 is 5.32 Å². The zero-order valence-corrected chi connectivity index (χ0v) is 17.6. The molecule has 2 amide bonds. The topological polar surface area (TPSA) is 61.9 Å². The Hall–Kier alpha value is -2.60. The van der Waals surface area contributed by atoms with Crippen molar-refractivity contribution < 1.29 is 14.3 Å². The molecule has 1 N–H and O–H groups in total. The van der Waals surface area contributed by atoms with Crippen molar-refractivity contribution in [2.45, 2.75) is 33.2 Å². The van der Waals surface area contributed by atoms with Gasteiger partial charge in [0.25, 0.3) is 0 Å². The lowest BCUT2D eigenvalue weighted by atomic mass is 10.1. The van der Waals surface area contributed by atoms with Crippen LogP contribution in [0.3, 0.4) is 0 Å². The number of carbonyl (C=O) groups is 2. The van der Waals surface area contributed by atoms with Crippen molar-refractivity contribution in [1.82, 2.24) is 9.80 Å². The minimum atomic E-state index is -0.277. The highest BCUT2D eigenvalue weighted by Crippen LogP contribution is 2.23. The van der Waals surface area contributed by atoms with Crippen molar-refractivity contribution in [2.24, 2.45) is 5.92 Å². The molecule has 0 spiro atoms. The van der Waals surface area contributed by atoms with Gasteiger partial charge in [-0.2, -0.15) is 0 Å². The number of hydrogen-bond acceptors (Lipinski definition) is 4. The van der Waals surface area contributed by atoms with Crippen LogP contribution in [-0.4, -0.2) is 60.6 Å². The summed E-state index contributed by atoms with van der Waals surface area (Å²) >= 11 is 0. The fourth-order valence-corrected chi connectivity index (χ4v) is 3.57. The third kappa shape index (κ3) is 5.48. The second-order valence-corrected chi connectivity index (χ2v) is 8.04. The zero-order valence-electron chi connectivity index (χ0n) is 17.6. The molecule has 0 bridgehead atoms. The van der Waals surface area contributed by atoms with Gasteiger partial charge in [-0.1, -0.05) is 50.2 Å². The first-order chi connectivity index (χ1) is 14.0. The molecule has 1 fully saturated rings. The zero-order chi connectivity index (χ0) is 20.8. The summed E-state index contributed by atoms with van der Waals surface area (Å²) in [5.41, 5.74) is 0.827. The number of amides is 2. The summed E-state index contributed by atoms with van der Waals surface area (Å²) in [5, 5.41) is 5.22. The fourth-order valence-electron chi connectivity index (χ4n) is 3.57. The number of ether oxygens (including phenoxy) is 1. The Balaban J connectivity index is 1.59. The summed E-state index contributed by atoms with van der Waals surface area (Å²) in [5.74, 6) is 0.289. The average molecular weight is 398 g/mol. The molecule has 1 aliphatic heterocycles. The lowest BCUT2D eigenvalue weighted by Crippen LogP contribution is -2.44. The number of hydrogen-bond donors (Lipinski definition) is 1. The van der Waals surface area contributed by atoms with Gasteiger partial charge in [0.15, 0.2) is 0 Å². The largest absolute Gasteiger partial charge is 0.449 e. The summed E-state index contributed by atoms with van der Waals surface area (Å²) in [4.78, 5) is 29.0. The normalized spacial score (nSPS) is 16.5. The molecule has 1 heterocycles. The fraction of sp³-hybridized carbons (Fsp3) is 0.478. The maximum Gasteiger partial charge on any atom is 0.409 e. The second kappa shape index (κ2) is 9.74. The van der Waals surface area contributed by atoms with Gasteiger partial charge in [0, 0.05) is 37.3 Å². The van der Waals surface area contributed by atoms with Crippen LogP contribution in [0.2, 0.25) is 0 Å². The maximum atomic E-state index is 12.9. The minimum absolute atomic E-state index is 0.0304.